The van der Waals surface area contributed by atoms with Crippen molar-refractivity contribution in [2.45, 2.75) is 33.3 Å². The van der Waals surface area contributed by atoms with E-state index in [0.717, 1.165) is 5.39 Å². The molecule has 160 valence electrons. The molecule has 0 saturated heterocycles. The van der Waals surface area contributed by atoms with E-state index < -0.39 is 18.0 Å². The average molecular weight is 420 g/mol. The summed E-state index contributed by atoms with van der Waals surface area (Å²) in [7, 11) is 0. The van der Waals surface area contributed by atoms with Gasteiger partial charge in [0.1, 0.15) is 11.3 Å². The van der Waals surface area contributed by atoms with Gasteiger partial charge in [0.2, 0.25) is 5.76 Å². The third kappa shape index (κ3) is 4.86. The summed E-state index contributed by atoms with van der Waals surface area (Å²) in [5.41, 5.74) is 1.78. The van der Waals surface area contributed by atoms with Gasteiger partial charge < -0.3 is 18.8 Å². The van der Waals surface area contributed by atoms with E-state index in [9.17, 15) is 9.59 Å². The van der Waals surface area contributed by atoms with Crippen molar-refractivity contribution in [2.24, 2.45) is 0 Å². The molecule has 0 bridgehead atoms. The number of aryl methyl sites for hydroxylation is 1. The highest BCUT2D eigenvalue weighted by Crippen LogP contribution is 2.29. The molecule has 0 radical (unpaired) electrons. The third-order valence-corrected chi connectivity index (χ3v) is 4.82. The summed E-state index contributed by atoms with van der Waals surface area (Å²) < 4.78 is 16.6. The van der Waals surface area contributed by atoms with Gasteiger partial charge in [-0.1, -0.05) is 18.2 Å². The number of esters is 1. The van der Waals surface area contributed by atoms with Crippen molar-refractivity contribution in [3.8, 4) is 11.8 Å². The van der Waals surface area contributed by atoms with Gasteiger partial charge in [-0.25, -0.2) is 4.79 Å². The molecular weight excluding hydrogens is 396 g/mol. The lowest BCUT2D eigenvalue weighted by Crippen LogP contribution is -2.40. The van der Waals surface area contributed by atoms with Crippen molar-refractivity contribution in [3.05, 3.63) is 59.9 Å². The predicted octanol–water partition coefficient (Wildman–Crippen LogP) is 4.63. The molecule has 1 heterocycles. The molecule has 31 heavy (non-hydrogen) atoms. The second-order valence-corrected chi connectivity index (χ2v) is 6.93. The Morgan fingerprint density at radius 1 is 1.19 bits per heavy atom. The Bertz CT molecular complexity index is 1110. The molecule has 2 aromatic carbocycles. The van der Waals surface area contributed by atoms with Gasteiger partial charge in [0, 0.05) is 23.2 Å². The van der Waals surface area contributed by atoms with Gasteiger partial charge in [-0.2, -0.15) is 5.26 Å². The predicted molar refractivity (Wildman–Crippen MR) is 116 cm³/mol. The molecule has 1 amide bonds. The zero-order valence-electron chi connectivity index (χ0n) is 17.8. The first-order valence-electron chi connectivity index (χ1n) is 10.1. The molecule has 0 fully saturated rings. The summed E-state index contributed by atoms with van der Waals surface area (Å²) in [4.78, 5) is 27.2. The SMILES string of the molecule is CCOc1ccc2oc(C(=O)O[C@H](C)C(=O)N(CCC#N)c3ccccc3)c(C)c2c1. The second kappa shape index (κ2) is 9.81. The normalized spacial score (nSPS) is 11.5. The quantitative estimate of drug-likeness (QED) is 0.493. The van der Waals surface area contributed by atoms with Crippen LogP contribution in [0.15, 0.2) is 52.9 Å². The lowest BCUT2D eigenvalue weighted by molar-refractivity contribution is -0.126. The number of amides is 1. The number of rotatable bonds is 8. The van der Waals surface area contributed by atoms with E-state index in [2.05, 4.69) is 0 Å². The minimum atomic E-state index is -1.06. The van der Waals surface area contributed by atoms with Crippen LogP contribution < -0.4 is 9.64 Å². The first kappa shape index (κ1) is 21.9. The van der Waals surface area contributed by atoms with Crippen LogP contribution in [-0.2, 0) is 9.53 Å². The summed E-state index contributed by atoms with van der Waals surface area (Å²) in [6.45, 7) is 5.89. The largest absolute Gasteiger partial charge is 0.494 e. The van der Waals surface area contributed by atoms with Crippen LogP contribution in [0.4, 0.5) is 5.69 Å². The maximum atomic E-state index is 13.0. The van der Waals surface area contributed by atoms with Crippen LogP contribution >= 0.6 is 0 Å². The first-order chi connectivity index (χ1) is 15.0. The summed E-state index contributed by atoms with van der Waals surface area (Å²) in [6.07, 6.45) is -0.899. The second-order valence-electron chi connectivity index (χ2n) is 6.93. The van der Waals surface area contributed by atoms with Gasteiger partial charge in [0.15, 0.2) is 6.10 Å². The van der Waals surface area contributed by atoms with E-state index in [1.807, 2.05) is 25.1 Å². The Morgan fingerprint density at radius 3 is 2.61 bits per heavy atom. The molecule has 0 unspecified atom stereocenters. The van der Waals surface area contributed by atoms with E-state index >= 15 is 0 Å². The Kier molecular flexibility index (Phi) is 6.93. The van der Waals surface area contributed by atoms with Crippen molar-refractivity contribution >= 4 is 28.5 Å². The lowest BCUT2D eigenvalue weighted by Gasteiger charge is -2.24. The molecule has 0 N–H and O–H groups in total. The highest BCUT2D eigenvalue weighted by molar-refractivity contribution is 6.00. The van der Waals surface area contributed by atoms with Gasteiger partial charge in [-0.15, -0.1) is 0 Å². The number of hydrogen-bond acceptors (Lipinski definition) is 6. The number of furan rings is 1. The molecule has 1 aromatic heterocycles. The zero-order chi connectivity index (χ0) is 22.4. The van der Waals surface area contributed by atoms with Crippen LogP contribution in [0, 0.1) is 18.3 Å². The topological polar surface area (TPSA) is 92.8 Å². The number of nitriles is 1. The summed E-state index contributed by atoms with van der Waals surface area (Å²) in [5.74, 6) is -0.409. The van der Waals surface area contributed by atoms with Crippen molar-refractivity contribution in [2.75, 3.05) is 18.1 Å². The number of nitrogens with zero attached hydrogens (tertiary/aromatic N) is 2. The molecule has 3 aromatic rings. The van der Waals surface area contributed by atoms with E-state index in [4.69, 9.17) is 19.2 Å². The average Bonchev–Trinajstić information content (AvgIpc) is 3.11. The minimum Gasteiger partial charge on any atom is -0.494 e. The first-order valence-corrected chi connectivity index (χ1v) is 10.1. The molecule has 7 heteroatoms. The molecule has 0 aliphatic rings. The van der Waals surface area contributed by atoms with Crippen LogP contribution in [0.5, 0.6) is 5.75 Å². The van der Waals surface area contributed by atoms with Crippen molar-refractivity contribution < 1.29 is 23.5 Å². The lowest BCUT2D eigenvalue weighted by atomic mass is 10.1. The third-order valence-electron chi connectivity index (χ3n) is 4.82. The van der Waals surface area contributed by atoms with E-state index in [0.29, 0.717) is 29.2 Å². The molecule has 1 atom stereocenters. The van der Waals surface area contributed by atoms with Gasteiger partial charge in [0.25, 0.3) is 5.91 Å². The van der Waals surface area contributed by atoms with E-state index in [1.165, 1.54) is 11.8 Å². The van der Waals surface area contributed by atoms with Gasteiger partial charge in [-0.3, -0.25) is 4.79 Å². The van der Waals surface area contributed by atoms with Crippen LogP contribution in [0.3, 0.4) is 0 Å². The Labute approximate surface area is 180 Å². The standard InChI is InChI=1S/C24H24N2O5/c1-4-29-19-11-12-21-20(15-19)16(2)22(31-21)24(28)30-17(3)23(27)26(14-8-13-25)18-9-6-5-7-10-18/h5-7,9-12,15,17H,4,8,14H2,1-3H3/t17-/m1/s1. The van der Waals surface area contributed by atoms with Crippen molar-refractivity contribution in [1.82, 2.24) is 0 Å². The molecule has 3 rings (SSSR count). The van der Waals surface area contributed by atoms with Crippen molar-refractivity contribution in [1.29, 1.82) is 5.26 Å². The molecule has 0 spiro atoms. The van der Waals surface area contributed by atoms with Crippen molar-refractivity contribution in [3.63, 3.8) is 0 Å². The van der Waals surface area contributed by atoms with Crippen LogP contribution in [-0.4, -0.2) is 31.1 Å². The number of anilines is 1. The van der Waals surface area contributed by atoms with E-state index in [1.54, 1.807) is 43.3 Å². The van der Waals surface area contributed by atoms with Gasteiger partial charge in [0.05, 0.1) is 19.1 Å². The molecule has 0 aliphatic carbocycles. The Morgan fingerprint density at radius 2 is 1.94 bits per heavy atom. The fourth-order valence-corrected chi connectivity index (χ4v) is 3.27. The van der Waals surface area contributed by atoms with Crippen LogP contribution in [0.2, 0.25) is 0 Å². The van der Waals surface area contributed by atoms with Gasteiger partial charge in [-0.05, 0) is 51.1 Å². The molecule has 0 aliphatic heterocycles. The molecule has 0 saturated carbocycles. The number of hydrogen-bond donors (Lipinski definition) is 0. The molecular formula is C24H24N2O5. The maximum absolute atomic E-state index is 13.0. The number of fused-ring (bicyclic) bond motifs is 1. The van der Waals surface area contributed by atoms with Crippen LogP contribution in [0.25, 0.3) is 11.0 Å². The smallest absolute Gasteiger partial charge is 0.375 e. The Hall–Kier alpha value is -3.79. The number of ether oxygens (including phenoxy) is 2. The number of carbonyl (C=O) groups is 2. The number of carbonyl (C=O) groups excluding carboxylic acids is 2. The fraction of sp³-hybridized carbons (Fsp3) is 0.292. The van der Waals surface area contributed by atoms with Gasteiger partial charge >= 0.3 is 5.97 Å². The highest BCUT2D eigenvalue weighted by atomic mass is 16.6. The highest BCUT2D eigenvalue weighted by Gasteiger charge is 2.28. The maximum Gasteiger partial charge on any atom is 0.375 e. The zero-order valence-corrected chi connectivity index (χ0v) is 17.8. The van der Waals surface area contributed by atoms with E-state index in [-0.39, 0.29) is 18.7 Å². The number of benzene rings is 2. The minimum absolute atomic E-state index is 0.0478. The summed E-state index contributed by atoms with van der Waals surface area (Å²) in [5, 5.41) is 9.68. The molecule has 7 nitrogen and oxygen atoms in total. The monoisotopic (exact) mass is 420 g/mol. The Balaban J connectivity index is 1.79. The van der Waals surface area contributed by atoms with Crippen LogP contribution in [0.1, 0.15) is 36.4 Å². The summed E-state index contributed by atoms with van der Waals surface area (Å²) >= 11 is 0. The number of para-hydroxylation sites is 1. The fourth-order valence-electron chi connectivity index (χ4n) is 3.27. The summed E-state index contributed by atoms with van der Waals surface area (Å²) in [6, 6.07) is 16.3.